The summed E-state index contributed by atoms with van der Waals surface area (Å²) in [7, 11) is 0. The highest BCUT2D eigenvalue weighted by Crippen LogP contribution is 2.38. The van der Waals surface area contributed by atoms with E-state index in [2.05, 4.69) is 26.3 Å². The molecule has 6 atom stereocenters. The van der Waals surface area contributed by atoms with Crippen LogP contribution in [0.3, 0.4) is 0 Å². The number of benzene rings is 3. The van der Waals surface area contributed by atoms with E-state index in [1.54, 1.807) is 11.8 Å². The van der Waals surface area contributed by atoms with Gasteiger partial charge in [0.2, 0.25) is 11.9 Å². The smallest absolute Gasteiger partial charge is 0.478 e. The Kier molecular flexibility index (Phi) is 13.6. The van der Waals surface area contributed by atoms with E-state index in [1.807, 2.05) is 65.6 Å². The predicted octanol–water partition coefficient (Wildman–Crippen LogP) is 4.24. The van der Waals surface area contributed by atoms with Crippen molar-refractivity contribution in [1.29, 1.82) is 0 Å². The number of imidazole rings is 1. The molecule has 3 fully saturated rings. The minimum absolute atomic E-state index is 0.00846. The summed E-state index contributed by atoms with van der Waals surface area (Å²) >= 11 is 0. The zero-order valence-corrected chi connectivity index (χ0v) is 36.2. The van der Waals surface area contributed by atoms with Crippen molar-refractivity contribution in [3.8, 4) is 0 Å². The molecule has 0 spiro atoms. The number of carbonyl (C=O) groups is 5. The number of alkyl halides is 3. The van der Waals surface area contributed by atoms with Gasteiger partial charge in [0.1, 0.15) is 6.10 Å². The summed E-state index contributed by atoms with van der Waals surface area (Å²) in [5.74, 6) is -3.96. The van der Waals surface area contributed by atoms with Crippen LogP contribution in [-0.4, -0.2) is 134 Å². The van der Waals surface area contributed by atoms with E-state index in [0.717, 1.165) is 11.1 Å². The number of carboxylic acids is 1. The molecule has 4 amide bonds. The fraction of sp³-hybridized carbons (Fsp3) is 0.391. The molecule has 0 unspecified atom stereocenters. The first-order valence-corrected chi connectivity index (χ1v) is 21.9. The van der Waals surface area contributed by atoms with Crippen LogP contribution < -0.4 is 26.2 Å². The topological polar surface area (TPSA) is 233 Å². The van der Waals surface area contributed by atoms with Crippen LogP contribution >= 0.6 is 0 Å². The van der Waals surface area contributed by atoms with Crippen LogP contribution in [0.5, 0.6) is 0 Å². The third kappa shape index (κ3) is 10.4. The third-order valence-corrected chi connectivity index (χ3v) is 12.4. The molecule has 2 saturated heterocycles. The number of anilines is 2. The van der Waals surface area contributed by atoms with Crippen LogP contribution in [0.25, 0.3) is 11.2 Å². The van der Waals surface area contributed by atoms with Crippen LogP contribution in [0.15, 0.2) is 91.3 Å². The average molecular weight is 927 g/mol. The van der Waals surface area contributed by atoms with Gasteiger partial charge in [-0.25, -0.2) is 19.4 Å². The predicted molar refractivity (Wildman–Crippen MR) is 236 cm³/mol. The highest BCUT2D eigenvalue weighted by atomic mass is 19.4. The summed E-state index contributed by atoms with van der Waals surface area (Å²) < 4.78 is 46.5. The number of aliphatic hydroxyl groups is 1. The highest BCUT2D eigenvalue weighted by molar-refractivity contribution is 5.96. The highest BCUT2D eigenvalue weighted by Gasteiger charge is 2.51. The van der Waals surface area contributed by atoms with Gasteiger partial charge in [-0.3, -0.25) is 9.59 Å². The van der Waals surface area contributed by atoms with E-state index in [-0.39, 0.29) is 72.5 Å². The van der Waals surface area contributed by atoms with Gasteiger partial charge in [-0.15, -0.1) is 0 Å². The Hall–Kier alpha value is -7.29. The van der Waals surface area contributed by atoms with Gasteiger partial charge in [-0.2, -0.15) is 23.1 Å². The maximum absolute atomic E-state index is 13.4. The Bertz CT molecular complexity index is 2560. The summed E-state index contributed by atoms with van der Waals surface area (Å²) in [5.41, 5.74) is 2.97. The van der Waals surface area contributed by atoms with Crippen molar-refractivity contribution in [3.05, 3.63) is 114 Å². The Labute approximate surface area is 381 Å². The molecule has 67 heavy (non-hydrogen) atoms. The number of aliphatic hydroxyl groups excluding tert-OH is 1. The van der Waals surface area contributed by atoms with E-state index < -0.39 is 54.3 Å². The number of esters is 1. The molecule has 3 aliphatic rings. The molecule has 6 N–H and O–H groups in total. The lowest BCUT2D eigenvalue weighted by atomic mass is 9.91. The lowest BCUT2D eigenvalue weighted by Gasteiger charge is -2.24. The normalized spacial score (nSPS) is 21.6. The van der Waals surface area contributed by atoms with Gasteiger partial charge in [0.05, 0.1) is 24.0 Å². The van der Waals surface area contributed by atoms with Gasteiger partial charge < -0.3 is 50.6 Å². The van der Waals surface area contributed by atoms with Crippen LogP contribution in [0.2, 0.25) is 0 Å². The van der Waals surface area contributed by atoms with Crippen LogP contribution in [-0.2, 0) is 14.3 Å². The van der Waals surface area contributed by atoms with Crippen molar-refractivity contribution < 1.29 is 52.1 Å². The standard InChI is InChI=1S/C46H49F3N10O8/c1-2-35(60)54-33-21-34(37(61)38(33)67-43(65)46(47,48)49)59-25-51-36-39(50-22-32(26-9-5-3-6-10-26)27-11-7-4-8-12-27)55-44(56-40(36)59)58-20-18-31(24-58)53-45(66)52-30-17-19-57(23-30)41(62)28-13-15-29(16-14-28)42(63)64/h3-16,25,30-34,37-38,61H,2,17-24H2,1H3,(H,54,60)(H,63,64)(H,50,55,56)(H2,52,53,66)/t30-,31-,33+,34-,37+,38-/m1/s1. The zero-order chi connectivity index (χ0) is 47.4. The molecule has 1 saturated carbocycles. The summed E-state index contributed by atoms with van der Waals surface area (Å²) in [6, 6.07) is 22.1. The Morgan fingerprint density at radius 1 is 0.836 bits per heavy atom. The zero-order valence-electron chi connectivity index (χ0n) is 36.2. The first-order chi connectivity index (χ1) is 32.2. The Morgan fingerprint density at radius 2 is 1.46 bits per heavy atom. The molecular formula is C46H49F3N10O8. The van der Waals surface area contributed by atoms with Crippen LogP contribution in [0.1, 0.15) is 76.4 Å². The second-order valence-electron chi connectivity index (χ2n) is 16.8. The number of rotatable bonds is 14. The van der Waals surface area contributed by atoms with E-state index >= 15 is 0 Å². The number of aromatic carboxylic acids is 1. The second-order valence-corrected chi connectivity index (χ2v) is 16.8. The molecule has 2 aliphatic heterocycles. The van der Waals surface area contributed by atoms with Crippen molar-refractivity contribution in [2.75, 3.05) is 42.9 Å². The number of hydrogen-bond donors (Lipinski definition) is 6. The number of likely N-dealkylation sites (tertiary alicyclic amines) is 1. The summed E-state index contributed by atoms with van der Waals surface area (Å²) in [4.78, 5) is 80.1. The molecule has 18 nitrogen and oxygen atoms in total. The first-order valence-electron chi connectivity index (χ1n) is 21.9. The van der Waals surface area contributed by atoms with E-state index in [0.29, 0.717) is 43.9 Å². The molecule has 3 aromatic carbocycles. The summed E-state index contributed by atoms with van der Waals surface area (Å²) in [5, 5.41) is 32.8. The molecular weight excluding hydrogens is 878 g/mol. The minimum Gasteiger partial charge on any atom is -0.478 e. The van der Waals surface area contributed by atoms with Gasteiger partial charge in [-0.05, 0) is 54.7 Å². The summed E-state index contributed by atoms with van der Waals surface area (Å²) in [6.45, 7) is 3.28. The van der Waals surface area contributed by atoms with Gasteiger partial charge in [0.15, 0.2) is 23.1 Å². The molecule has 2 aromatic heterocycles. The molecule has 1 aliphatic carbocycles. The van der Waals surface area contributed by atoms with Crippen molar-refractivity contribution in [1.82, 2.24) is 40.4 Å². The van der Waals surface area contributed by atoms with Crippen molar-refractivity contribution in [2.24, 2.45) is 0 Å². The number of ether oxygens (including phenoxy) is 1. The second kappa shape index (κ2) is 19.7. The van der Waals surface area contributed by atoms with E-state index in [1.165, 1.54) is 35.2 Å². The number of nitrogens with zero attached hydrogens (tertiary/aromatic N) is 6. The molecule has 4 heterocycles. The number of carbonyl (C=O) groups excluding carboxylic acids is 4. The molecule has 5 aromatic rings. The number of nitrogens with one attached hydrogen (secondary N) is 4. The van der Waals surface area contributed by atoms with Gasteiger partial charge in [-0.1, -0.05) is 67.6 Å². The number of aromatic nitrogens is 4. The molecule has 8 rings (SSSR count). The maximum atomic E-state index is 13.4. The van der Waals surface area contributed by atoms with Crippen molar-refractivity contribution in [2.45, 2.75) is 81.1 Å². The number of carboxylic acid groups (broad SMARTS) is 1. The van der Waals surface area contributed by atoms with E-state index in [9.17, 15) is 47.4 Å². The number of urea groups is 1. The average Bonchev–Trinajstić information content (AvgIpc) is 4.14. The Balaban J connectivity index is 1.02. The SMILES string of the molecule is CCC(=O)N[C@H]1C[C@@H](n2cnc3c(NCC(c4ccccc4)c4ccccc4)nc(N4CC[C@@H](NC(=O)N[C@@H]5CCN(C(=O)c6ccc(C(=O)O)cc6)C5)C4)nc32)[C@H](O)[C@@H]1OC(=O)C(F)(F)F. The molecule has 21 heteroatoms. The third-order valence-electron chi connectivity index (χ3n) is 12.4. The monoisotopic (exact) mass is 926 g/mol. The quantitative estimate of drug-likeness (QED) is 0.0858. The van der Waals surface area contributed by atoms with Crippen LogP contribution in [0, 0.1) is 0 Å². The molecule has 0 radical (unpaired) electrons. The maximum Gasteiger partial charge on any atom is 0.490 e. The van der Waals surface area contributed by atoms with Crippen molar-refractivity contribution >= 4 is 52.7 Å². The number of fused-ring (bicyclic) bond motifs is 1. The fourth-order valence-corrected chi connectivity index (χ4v) is 8.94. The first kappa shape index (κ1) is 46.2. The summed E-state index contributed by atoms with van der Waals surface area (Å²) in [6.07, 6.45) is -6.53. The van der Waals surface area contributed by atoms with Gasteiger partial charge in [0, 0.05) is 62.7 Å². The van der Waals surface area contributed by atoms with Crippen LogP contribution in [0.4, 0.5) is 29.7 Å². The van der Waals surface area contributed by atoms with E-state index in [4.69, 9.17) is 14.7 Å². The molecule has 352 valence electrons. The fourth-order valence-electron chi connectivity index (χ4n) is 8.94. The number of hydrogen-bond acceptors (Lipinski definition) is 12. The minimum atomic E-state index is -5.35. The van der Waals surface area contributed by atoms with Gasteiger partial charge >= 0.3 is 24.1 Å². The Morgan fingerprint density at radius 3 is 2.09 bits per heavy atom. The lowest BCUT2D eigenvalue weighted by Crippen LogP contribution is -2.48. The van der Waals surface area contributed by atoms with Crippen molar-refractivity contribution in [3.63, 3.8) is 0 Å². The lowest BCUT2D eigenvalue weighted by molar-refractivity contribution is -0.209. The van der Waals surface area contributed by atoms with Gasteiger partial charge in [0.25, 0.3) is 5.91 Å². The largest absolute Gasteiger partial charge is 0.490 e. The molecule has 0 bridgehead atoms. The number of halogens is 3. The number of amides is 4.